The average Bonchev–Trinajstić information content (AvgIpc) is 3.12. The van der Waals surface area contributed by atoms with Crippen LogP contribution in [0.2, 0.25) is 0 Å². The Hall–Kier alpha value is -2.88. The third-order valence-electron chi connectivity index (χ3n) is 7.11. The average molecular weight is 664 g/mol. The molecule has 2 aliphatic rings. The molecule has 2 amide bonds. The number of ether oxygens (including phenoxy) is 2. The fraction of sp³-hybridized carbons (Fsp3) is 0.458. The summed E-state index contributed by atoms with van der Waals surface area (Å²) >= 11 is 1.28. The number of rotatable bonds is 11. The number of β-lactam (4-membered cyclic amide) rings is 1. The van der Waals surface area contributed by atoms with E-state index < -0.39 is 73.6 Å². The van der Waals surface area contributed by atoms with Crippen molar-refractivity contribution in [1.82, 2.24) is 10.2 Å². The van der Waals surface area contributed by atoms with Crippen LogP contribution in [0.3, 0.4) is 0 Å². The van der Waals surface area contributed by atoms with Gasteiger partial charge in [0, 0.05) is 29.4 Å². The van der Waals surface area contributed by atoms with Gasteiger partial charge in [-0.25, -0.2) is 4.79 Å². The van der Waals surface area contributed by atoms with Crippen LogP contribution in [0.15, 0.2) is 30.3 Å². The number of nitrogens with one attached hydrogen (secondary N) is 2. The maximum Gasteiger partial charge on any atom is 0.507 e. The Morgan fingerprint density at radius 2 is 1.74 bits per heavy atom. The molecule has 19 heteroatoms. The molecule has 3 atom stereocenters. The minimum atomic E-state index is -5.64. The highest BCUT2D eigenvalue weighted by Crippen LogP contribution is 2.68. The standard InChI is InChI=1S/C24H31N3O13P2S/c1-4-39-15-9-8-12-13(6-5-7-14(12)25-11-10-24(32,41(33,34)35)42(36,37)38)16(15)18(28)26-17-19(29)27-20(17)43-23(2,3)21(27)40-22(30)31/h5-9,17,20-21,25,32H,4,10-11H2,1-3H3,(H,26,28)(H,30,31)(H2,33,34,35)(H2,36,37,38). The fourth-order valence-corrected chi connectivity index (χ4v) is 8.75. The lowest BCUT2D eigenvalue weighted by atomic mass is 9.99. The summed E-state index contributed by atoms with van der Waals surface area (Å²) in [5.74, 6) is -0.995. The topological polar surface area (TPSA) is 252 Å². The highest BCUT2D eigenvalue weighted by atomic mass is 32.2. The molecule has 2 aromatic carbocycles. The first-order chi connectivity index (χ1) is 19.8. The number of benzene rings is 2. The predicted molar refractivity (Wildman–Crippen MR) is 154 cm³/mol. The number of carboxylic acid groups (broad SMARTS) is 1. The second-order valence-electron chi connectivity index (χ2n) is 10.4. The third kappa shape index (κ3) is 5.96. The molecule has 0 radical (unpaired) electrons. The molecule has 2 saturated heterocycles. The van der Waals surface area contributed by atoms with Crippen molar-refractivity contribution in [3.63, 3.8) is 0 Å². The number of fused-ring (bicyclic) bond motifs is 2. The van der Waals surface area contributed by atoms with E-state index in [1.165, 1.54) is 22.7 Å². The first kappa shape index (κ1) is 33.0. The van der Waals surface area contributed by atoms with Crippen LogP contribution < -0.4 is 15.4 Å². The van der Waals surface area contributed by atoms with Gasteiger partial charge in [0.2, 0.25) is 0 Å². The monoisotopic (exact) mass is 663 g/mol. The van der Waals surface area contributed by atoms with Gasteiger partial charge in [0.25, 0.3) is 16.9 Å². The van der Waals surface area contributed by atoms with Gasteiger partial charge in [-0.3, -0.25) is 23.6 Å². The van der Waals surface area contributed by atoms with Crippen LogP contribution in [0.5, 0.6) is 5.75 Å². The van der Waals surface area contributed by atoms with E-state index >= 15 is 0 Å². The molecule has 16 nitrogen and oxygen atoms in total. The molecule has 2 heterocycles. The number of anilines is 1. The first-order valence-corrected chi connectivity index (χ1v) is 16.9. The maximum absolute atomic E-state index is 13.7. The van der Waals surface area contributed by atoms with E-state index in [1.807, 2.05) is 0 Å². The summed E-state index contributed by atoms with van der Waals surface area (Å²) in [6, 6.07) is 6.81. The molecule has 0 bridgehead atoms. The van der Waals surface area contributed by atoms with Gasteiger partial charge in [0.1, 0.15) is 17.2 Å². The number of carbonyl (C=O) groups excluding carboxylic acids is 2. The molecule has 0 saturated carbocycles. The number of thioether (sulfide) groups is 1. The van der Waals surface area contributed by atoms with Crippen LogP contribution in [0, 0.1) is 0 Å². The molecule has 0 aromatic heterocycles. The summed E-state index contributed by atoms with van der Waals surface area (Å²) in [5.41, 5.74) is 0.373. The predicted octanol–water partition coefficient (Wildman–Crippen LogP) is 1.85. The van der Waals surface area contributed by atoms with Crippen LogP contribution in [-0.2, 0) is 18.7 Å². The van der Waals surface area contributed by atoms with Crippen molar-refractivity contribution in [2.24, 2.45) is 0 Å². The quantitative estimate of drug-likeness (QED) is 0.0970. The third-order valence-corrected chi connectivity index (χ3v) is 12.5. The Balaban J connectivity index is 1.61. The summed E-state index contributed by atoms with van der Waals surface area (Å²) in [5, 5.41) is 21.4. The number of nitrogens with zero attached hydrogens (tertiary/aromatic N) is 1. The van der Waals surface area contributed by atoms with E-state index in [9.17, 15) is 48.2 Å². The lowest BCUT2D eigenvalue weighted by Gasteiger charge is -2.43. The molecular weight excluding hydrogens is 632 g/mol. The van der Waals surface area contributed by atoms with Gasteiger partial charge < -0.3 is 49.9 Å². The van der Waals surface area contributed by atoms with Crippen molar-refractivity contribution in [2.45, 2.75) is 54.7 Å². The Morgan fingerprint density at radius 1 is 1.09 bits per heavy atom. The Labute approximate surface area is 249 Å². The van der Waals surface area contributed by atoms with Crippen molar-refractivity contribution < 1.29 is 62.8 Å². The van der Waals surface area contributed by atoms with Gasteiger partial charge in [-0.15, -0.1) is 11.8 Å². The Bertz CT molecular complexity index is 1540. The first-order valence-electron chi connectivity index (χ1n) is 12.8. The fourth-order valence-electron chi connectivity index (χ4n) is 5.03. The molecule has 8 N–H and O–H groups in total. The van der Waals surface area contributed by atoms with Crippen molar-refractivity contribution in [1.29, 1.82) is 0 Å². The van der Waals surface area contributed by atoms with Crippen LogP contribution >= 0.6 is 27.0 Å². The summed E-state index contributed by atoms with van der Waals surface area (Å²) < 4.78 is 33.2. The number of hydrogen-bond donors (Lipinski definition) is 8. The van der Waals surface area contributed by atoms with Gasteiger partial charge in [0.05, 0.1) is 16.9 Å². The summed E-state index contributed by atoms with van der Waals surface area (Å²) in [6.07, 6.45) is -3.58. The number of hydrogen-bond acceptors (Lipinski definition) is 10. The highest BCUT2D eigenvalue weighted by molar-refractivity contribution is 8.01. The molecule has 2 aromatic rings. The lowest BCUT2D eigenvalue weighted by molar-refractivity contribution is -0.161. The Morgan fingerprint density at radius 3 is 2.33 bits per heavy atom. The smallest absolute Gasteiger partial charge is 0.493 e. The van der Waals surface area contributed by atoms with Gasteiger partial charge in [-0.2, -0.15) is 0 Å². The minimum absolute atomic E-state index is 0.0665. The SMILES string of the molecule is CCOc1ccc2c(NCCC(O)(P(=O)(O)O)P(=O)(O)O)cccc2c1C(=O)NC1C(=O)N2C1SC(C)(C)C2OC(=O)O. The molecule has 0 spiro atoms. The molecule has 43 heavy (non-hydrogen) atoms. The van der Waals surface area contributed by atoms with Crippen LogP contribution in [0.4, 0.5) is 10.5 Å². The summed E-state index contributed by atoms with van der Waals surface area (Å²) in [6.45, 7) is 4.89. The van der Waals surface area contributed by atoms with Crippen LogP contribution in [0.25, 0.3) is 10.8 Å². The largest absolute Gasteiger partial charge is 0.507 e. The molecule has 0 aliphatic carbocycles. The van der Waals surface area contributed by atoms with Gasteiger partial charge in [-0.1, -0.05) is 12.1 Å². The zero-order valence-electron chi connectivity index (χ0n) is 23.0. The molecule has 2 fully saturated rings. The van der Waals surface area contributed by atoms with Gasteiger partial charge >= 0.3 is 21.3 Å². The van der Waals surface area contributed by atoms with Crippen molar-refractivity contribution >= 4 is 61.4 Å². The summed E-state index contributed by atoms with van der Waals surface area (Å²) in [7, 11) is -11.3. The number of aliphatic hydroxyl groups is 1. The van der Waals surface area contributed by atoms with Crippen molar-refractivity contribution in [3.05, 3.63) is 35.9 Å². The van der Waals surface area contributed by atoms with Crippen molar-refractivity contribution in [2.75, 3.05) is 18.5 Å². The summed E-state index contributed by atoms with van der Waals surface area (Å²) in [4.78, 5) is 76.7. The van der Waals surface area contributed by atoms with E-state index in [2.05, 4.69) is 10.6 Å². The molecular formula is C24H31N3O13P2S. The molecule has 2 aliphatic heterocycles. The normalized spacial score (nSPS) is 21.6. The minimum Gasteiger partial charge on any atom is -0.493 e. The Kier molecular flexibility index (Phi) is 8.88. The number of carbonyl (C=O) groups is 3. The van der Waals surface area contributed by atoms with E-state index in [1.54, 1.807) is 45.0 Å². The second kappa shape index (κ2) is 11.6. The zero-order chi connectivity index (χ0) is 32.1. The lowest BCUT2D eigenvalue weighted by Crippen LogP contribution is -2.70. The van der Waals surface area contributed by atoms with E-state index in [-0.39, 0.29) is 17.9 Å². The second-order valence-corrected chi connectivity index (χ2v) is 16.1. The molecule has 3 unspecified atom stereocenters. The van der Waals surface area contributed by atoms with E-state index in [0.29, 0.717) is 16.5 Å². The van der Waals surface area contributed by atoms with Crippen LogP contribution in [-0.4, -0.2) is 93.3 Å². The van der Waals surface area contributed by atoms with Crippen molar-refractivity contribution in [3.8, 4) is 5.75 Å². The highest BCUT2D eigenvalue weighted by Gasteiger charge is 2.64. The van der Waals surface area contributed by atoms with Crippen LogP contribution in [0.1, 0.15) is 37.6 Å². The van der Waals surface area contributed by atoms with E-state index in [0.717, 1.165) is 0 Å². The molecule has 236 valence electrons. The maximum atomic E-state index is 13.7. The number of amides is 2. The molecule has 4 rings (SSSR count). The van der Waals surface area contributed by atoms with Gasteiger partial charge in [-0.05, 0) is 39.0 Å². The van der Waals surface area contributed by atoms with E-state index in [4.69, 9.17) is 14.6 Å². The van der Waals surface area contributed by atoms with Gasteiger partial charge in [0.15, 0.2) is 6.23 Å². The zero-order valence-corrected chi connectivity index (χ0v) is 25.6.